The molecule has 17 heteroatoms. The number of benzene rings is 1. The molecule has 3 heterocycles. The molecule has 318 valence electrons. The highest BCUT2D eigenvalue weighted by atomic mass is 16.5. The Balaban J connectivity index is 1.40. The van der Waals surface area contributed by atoms with Gasteiger partial charge in [0.1, 0.15) is 11.4 Å². The van der Waals surface area contributed by atoms with E-state index in [1.807, 2.05) is 24.3 Å². The number of nitrogens with one attached hydrogen (secondary N) is 1. The second-order valence-corrected chi connectivity index (χ2v) is 13.0. The number of hydrogen-bond donors (Lipinski definition) is 2. The summed E-state index contributed by atoms with van der Waals surface area (Å²) in [6.45, 7) is 8.51. The number of hydrogen-bond acceptors (Lipinski definition) is 16. The zero-order chi connectivity index (χ0) is 41.2. The molecule has 1 amide bonds. The summed E-state index contributed by atoms with van der Waals surface area (Å²) in [5.41, 5.74) is 8.57. The lowest BCUT2D eigenvalue weighted by Crippen LogP contribution is -2.36. The Morgan fingerprint density at radius 1 is 0.690 bits per heavy atom. The van der Waals surface area contributed by atoms with Gasteiger partial charge in [-0.15, -0.1) is 0 Å². The third-order valence-electron chi connectivity index (χ3n) is 8.95. The number of aromatic nitrogens is 2. The first kappa shape index (κ1) is 46.3. The second kappa shape index (κ2) is 27.3. The first-order valence-corrected chi connectivity index (χ1v) is 19.5. The molecule has 3 aromatic rings. The van der Waals surface area contributed by atoms with E-state index < -0.39 is 18.0 Å². The van der Waals surface area contributed by atoms with Gasteiger partial charge in [-0.2, -0.15) is 0 Å². The van der Waals surface area contributed by atoms with E-state index >= 15 is 0 Å². The van der Waals surface area contributed by atoms with Gasteiger partial charge in [-0.25, -0.2) is 19.6 Å². The number of methoxy groups -OCH3 is 2. The van der Waals surface area contributed by atoms with Gasteiger partial charge in [0.25, 0.3) is 5.91 Å². The largest absolute Gasteiger partial charge is 0.464 e. The molecule has 17 nitrogen and oxygen atoms in total. The summed E-state index contributed by atoms with van der Waals surface area (Å²) in [4.78, 5) is 51.0. The van der Waals surface area contributed by atoms with Crippen molar-refractivity contribution in [3.63, 3.8) is 0 Å². The van der Waals surface area contributed by atoms with E-state index in [9.17, 15) is 14.4 Å². The fourth-order valence-corrected chi connectivity index (χ4v) is 6.00. The number of nitrogens with two attached hydrogens (primary N) is 1. The molecule has 1 aromatic carbocycles. The Labute approximate surface area is 340 Å². The number of ether oxygens (including phenoxy) is 8. The zero-order valence-corrected chi connectivity index (χ0v) is 33.6. The molecule has 1 aliphatic rings. The lowest BCUT2D eigenvalue weighted by Gasteiger charge is -2.32. The number of carbonyl (C=O) groups is 3. The first-order chi connectivity index (χ1) is 28.4. The maximum absolute atomic E-state index is 13.0. The zero-order valence-electron chi connectivity index (χ0n) is 33.6. The molecular formula is C41H58N6O11. The fraction of sp³-hybridized carbons (Fsp3) is 0.537. The maximum Gasteiger partial charge on any atom is 0.356 e. The molecule has 0 aliphatic carbocycles. The van der Waals surface area contributed by atoms with Crippen LogP contribution in [0.2, 0.25) is 0 Å². The lowest BCUT2D eigenvalue weighted by atomic mass is 9.99. The van der Waals surface area contributed by atoms with Crippen LogP contribution in [0.3, 0.4) is 0 Å². The van der Waals surface area contributed by atoms with Gasteiger partial charge in [0.2, 0.25) is 0 Å². The van der Waals surface area contributed by atoms with Crippen LogP contribution in [0.25, 0.3) is 0 Å². The summed E-state index contributed by atoms with van der Waals surface area (Å²) in [7, 11) is 2.65. The van der Waals surface area contributed by atoms with Crippen molar-refractivity contribution < 1.29 is 52.3 Å². The van der Waals surface area contributed by atoms with Crippen molar-refractivity contribution in [1.82, 2.24) is 25.1 Å². The van der Waals surface area contributed by atoms with Gasteiger partial charge in [0.05, 0.1) is 111 Å². The van der Waals surface area contributed by atoms with E-state index in [4.69, 9.17) is 48.6 Å². The fourth-order valence-electron chi connectivity index (χ4n) is 6.00. The molecule has 4 rings (SSSR count). The summed E-state index contributed by atoms with van der Waals surface area (Å²) in [6, 6.07) is 17.4. The van der Waals surface area contributed by atoms with Crippen LogP contribution in [0.15, 0.2) is 60.7 Å². The minimum absolute atomic E-state index is 0.182. The van der Waals surface area contributed by atoms with Crippen molar-refractivity contribution in [2.24, 2.45) is 5.73 Å². The highest BCUT2D eigenvalue weighted by Gasteiger charge is 2.25. The van der Waals surface area contributed by atoms with Crippen molar-refractivity contribution in [2.75, 3.05) is 133 Å². The Morgan fingerprint density at radius 2 is 1.24 bits per heavy atom. The SMILES string of the molecule is COC(=O)c1cccc(CN2CCOCCOCCN(C(c3ccc(C(=O)NCCOCCOCCN)cc3)c3cccc(C(=O)OC)n3)CCOCCOCC2)n1. The quantitative estimate of drug-likeness (QED) is 0.157. The number of rotatable bonds is 16. The lowest BCUT2D eigenvalue weighted by molar-refractivity contribution is 0.00330. The van der Waals surface area contributed by atoms with Gasteiger partial charge in [-0.1, -0.05) is 24.3 Å². The average molecular weight is 811 g/mol. The number of carbonyl (C=O) groups excluding carboxylic acids is 3. The van der Waals surface area contributed by atoms with Crippen molar-refractivity contribution in [3.8, 4) is 0 Å². The van der Waals surface area contributed by atoms with Crippen molar-refractivity contribution in [3.05, 3.63) is 94.6 Å². The molecule has 1 fully saturated rings. The third kappa shape index (κ3) is 16.4. The van der Waals surface area contributed by atoms with Gasteiger partial charge in [0.15, 0.2) is 0 Å². The summed E-state index contributed by atoms with van der Waals surface area (Å²) in [5, 5.41) is 2.88. The van der Waals surface area contributed by atoms with Crippen molar-refractivity contribution in [1.29, 1.82) is 0 Å². The summed E-state index contributed by atoms with van der Waals surface area (Å²) >= 11 is 0. The molecule has 1 unspecified atom stereocenters. The van der Waals surface area contributed by atoms with Crippen LogP contribution < -0.4 is 11.1 Å². The Hall–Kier alpha value is -4.43. The van der Waals surface area contributed by atoms with Gasteiger partial charge >= 0.3 is 11.9 Å². The van der Waals surface area contributed by atoms with E-state index in [1.54, 1.807) is 36.4 Å². The predicted octanol–water partition coefficient (Wildman–Crippen LogP) is 1.75. The van der Waals surface area contributed by atoms with Crippen molar-refractivity contribution in [2.45, 2.75) is 12.6 Å². The number of pyridine rings is 2. The Kier molecular flexibility index (Phi) is 21.8. The van der Waals surface area contributed by atoms with Crippen LogP contribution in [-0.2, 0) is 44.4 Å². The Bertz CT molecular complexity index is 1630. The topological polar surface area (TPSA) is 195 Å². The number of amides is 1. The average Bonchev–Trinajstić information content (AvgIpc) is 3.25. The monoisotopic (exact) mass is 810 g/mol. The highest BCUT2D eigenvalue weighted by molar-refractivity contribution is 5.94. The minimum Gasteiger partial charge on any atom is -0.464 e. The van der Waals surface area contributed by atoms with Gasteiger partial charge in [-0.05, 0) is 42.0 Å². The smallest absolute Gasteiger partial charge is 0.356 e. The summed E-state index contributed by atoms with van der Waals surface area (Å²) in [5.74, 6) is -1.25. The van der Waals surface area contributed by atoms with Gasteiger partial charge in [-0.3, -0.25) is 14.6 Å². The van der Waals surface area contributed by atoms with E-state index in [2.05, 4.69) is 20.1 Å². The van der Waals surface area contributed by atoms with E-state index in [-0.39, 0.29) is 17.3 Å². The molecule has 1 atom stereocenters. The molecule has 1 aliphatic heterocycles. The van der Waals surface area contributed by atoms with Gasteiger partial charge < -0.3 is 48.9 Å². The van der Waals surface area contributed by atoms with Crippen LogP contribution in [-0.4, -0.2) is 170 Å². The normalized spacial score (nSPS) is 16.4. The molecule has 58 heavy (non-hydrogen) atoms. The number of nitrogens with zero attached hydrogens (tertiary/aromatic N) is 4. The standard InChI is InChI=1S/C41H58N6O11/c1-51-40(49)36-7-3-5-34(44-36)31-46-15-21-55-27-29-57-23-17-47(18-24-58-30-28-56-22-16-46)38(35-6-4-8-37(45-35)41(50)52-2)32-9-11-33(12-10-32)39(48)43-14-20-54-26-25-53-19-13-42/h3-12,38H,13-31,42H2,1-2H3,(H,43,48). The van der Waals surface area contributed by atoms with E-state index in [0.717, 1.165) is 11.3 Å². The van der Waals surface area contributed by atoms with Crippen LogP contribution >= 0.6 is 0 Å². The van der Waals surface area contributed by atoms with Crippen molar-refractivity contribution >= 4 is 17.8 Å². The summed E-state index contributed by atoms with van der Waals surface area (Å²) in [6.07, 6.45) is 0. The summed E-state index contributed by atoms with van der Waals surface area (Å²) < 4.78 is 44.6. The van der Waals surface area contributed by atoms with Crippen LogP contribution in [0, 0.1) is 0 Å². The third-order valence-corrected chi connectivity index (χ3v) is 8.95. The molecule has 0 saturated carbocycles. The Morgan fingerprint density at radius 3 is 1.83 bits per heavy atom. The van der Waals surface area contributed by atoms with E-state index in [0.29, 0.717) is 136 Å². The second-order valence-electron chi connectivity index (χ2n) is 13.0. The molecule has 0 radical (unpaired) electrons. The minimum atomic E-state index is -0.543. The van der Waals surface area contributed by atoms with Gasteiger partial charge in [0, 0.05) is 51.4 Å². The molecule has 3 N–H and O–H groups in total. The highest BCUT2D eigenvalue weighted by Crippen LogP contribution is 2.28. The number of esters is 2. The molecule has 0 bridgehead atoms. The van der Waals surface area contributed by atoms with Crippen LogP contribution in [0.5, 0.6) is 0 Å². The van der Waals surface area contributed by atoms with Crippen LogP contribution in [0.1, 0.15) is 54.3 Å². The van der Waals surface area contributed by atoms with Crippen LogP contribution in [0.4, 0.5) is 0 Å². The molecular weight excluding hydrogens is 752 g/mol. The predicted molar refractivity (Wildman–Crippen MR) is 213 cm³/mol. The molecule has 0 spiro atoms. The van der Waals surface area contributed by atoms with E-state index in [1.165, 1.54) is 14.2 Å². The first-order valence-electron chi connectivity index (χ1n) is 19.5. The molecule has 1 saturated heterocycles. The molecule has 2 aromatic heterocycles. The maximum atomic E-state index is 13.0.